The van der Waals surface area contributed by atoms with Crippen LogP contribution in [-0.2, 0) is 4.79 Å². The molecule has 3 rings (SSSR count). The number of aromatic nitrogens is 1. The number of carbonyl (C=O) groups excluding carboxylic acids is 1. The fourth-order valence-corrected chi connectivity index (χ4v) is 2.66. The maximum Gasteiger partial charge on any atom is 0.311 e. The van der Waals surface area contributed by atoms with E-state index in [1.807, 2.05) is 0 Å². The third-order valence-electron chi connectivity index (χ3n) is 4.18. The fraction of sp³-hybridized carbons (Fsp3) is 0.312. The predicted molar refractivity (Wildman–Crippen MR) is 78.1 cm³/mol. The number of aliphatic carboxylic acids is 1. The molecular formula is C16H14F2N2O4. The van der Waals surface area contributed by atoms with Gasteiger partial charge in [-0.1, -0.05) is 6.07 Å². The number of oxazole rings is 1. The highest BCUT2D eigenvalue weighted by atomic mass is 19.1. The Morgan fingerprint density at radius 1 is 1.33 bits per heavy atom. The molecule has 1 fully saturated rings. The van der Waals surface area contributed by atoms with E-state index in [-0.39, 0.29) is 24.7 Å². The average molecular weight is 336 g/mol. The quantitative estimate of drug-likeness (QED) is 0.931. The summed E-state index contributed by atoms with van der Waals surface area (Å²) in [6.45, 7) is 1.86. The molecule has 1 N–H and O–H groups in total. The molecule has 1 aromatic heterocycles. The third-order valence-corrected chi connectivity index (χ3v) is 4.18. The zero-order valence-corrected chi connectivity index (χ0v) is 12.8. The highest BCUT2D eigenvalue weighted by Gasteiger charge is 2.42. The molecule has 0 saturated carbocycles. The van der Waals surface area contributed by atoms with Crippen LogP contribution in [0.3, 0.4) is 0 Å². The SMILES string of the molecule is CC1(C(=O)O)CCN(C(=O)c2coc(-c3c(F)cccc3F)n2)C1. The third kappa shape index (κ3) is 2.64. The van der Waals surface area contributed by atoms with E-state index >= 15 is 0 Å². The number of benzene rings is 1. The van der Waals surface area contributed by atoms with Crippen molar-refractivity contribution in [3.05, 3.63) is 41.8 Å². The van der Waals surface area contributed by atoms with Crippen LogP contribution in [0.1, 0.15) is 23.8 Å². The molecule has 1 unspecified atom stereocenters. The standard InChI is InChI=1S/C16H14F2N2O4/c1-16(15(22)23)5-6-20(8-16)14(21)11-7-24-13(19-11)12-9(17)3-2-4-10(12)18/h2-4,7H,5-6,8H2,1H3,(H,22,23). The minimum atomic E-state index is -1.01. The lowest BCUT2D eigenvalue weighted by Crippen LogP contribution is -2.35. The monoisotopic (exact) mass is 336 g/mol. The summed E-state index contributed by atoms with van der Waals surface area (Å²) in [7, 11) is 0. The van der Waals surface area contributed by atoms with Gasteiger partial charge in [0.25, 0.3) is 5.91 Å². The van der Waals surface area contributed by atoms with Crippen LogP contribution in [0.25, 0.3) is 11.5 Å². The molecule has 1 aromatic carbocycles. The van der Waals surface area contributed by atoms with E-state index in [0.29, 0.717) is 6.42 Å². The van der Waals surface area contributed by atoms with Crippen molar-refractivity contribution < 1.29 is 27.9 Å². The van der Waals surface area contributed by atoms with Gasteiger partial charge in [0.15, 0.2) is 5.69 Å². The molecule has 1 amide bonds. The van der Waals surface area contributed by atoms with E-state index in [0.717, 1.165) is 18.4 Å². The lowest BCUT2D eigenvalue weighted by atomic mass is 9.90. The van der Waals surface area contributed by atoms with Crippen molar-refractivity contribution in [2.75, 3.05) is 13.1 Å². The first-order valence-corrected chi connectivity index (χ1v) is 7.24. The van der Waals surface area contributed by atoms with E-state index in [1.54, 1.807) is 6.92 Å². The van der Waals surface area contributed by atoms with Crippen molar-refractivity contribution in [2.24, 2.45) is 5.41 Å². The van der Waals surface area contributed by atoms with E-state index in [2.05, 4.69) is 4.98 Å². The summed E-state index contributed by atoms with van der Waals surface area (Å²) in [5.74, 6) is -3.56. The van der Waals surface area contributed by atoms with Crippen LogP contribution in [0, 0.1) is 17.0 Å². The second kappa shape index (κ2) is 5.70. The van der Waals surface area contributed by atoms with Crippen LogP contribution in [0.5, 0.6) is 0 Å². The van der Waals surface area contributed by atoms with Crippen LogP contribution in [0.2, 0.25) is 0 Å². The number of carbonyl (C=O) groups is 2. The first-order valence-electron chi connectivity index (χ1n) is 7.24. The van der Waals surface area contributed by atoms with Gasteiger partial charge in [-0.2, -0.15) is 0 Å². The smallest absolute Gasteiger partial charge is 0.311 e. The van der Waals surface area contributed by atoms with E-state index in [9.17, 15) is 23.5 Å². The number of amides is 1. The molecule has 0 bridgehead atoms. The molecule has 24 heavy (non-hydrogen) atoms. The maximum atomic E-state index is 13.7. The molecule has 1 aliphatic heterocycles. The molecule has 8 heteroatoms. The van der Waals surface area contributed by atoms with Crippen LogP contribution < -0.4 is 0 Å². The molecule has 6 nitrogen and oxygen atoms in total. The molecule has 2 aromatic rings. The fourth-order valence-electron chi connectivity index (χ4n) is 2.66. The molecule has 126 valence electrons. The summed E-state index contributed by atoms with van der Waals surface area (Å²) in [5.41, 5.74) is -1.59. The van der Waals surface area contributed by atoms with Gasteiger partial charge in [0.2, 0.25) is 5.89 Å². The lowest BCUT2D eigenvalue weighted by Gasteiger charge is -2.19. The van der Waals surface area contributed by atoms with Gasteiger partial charge in [0, 0.05) is 13.1 Å². The normalized spacial score (nSPS) is 20.4. The Morgan fingerprint density at radius 3 is 2.58 bits per heavy atom. The summed E-state index contributed by atoms with van der Waals surface area (Å²) in [6.07, 6.45) is 1.33. The van der Waals surface area contributed by atoms with Gasteiger partial charge in [0.05, 0.1) is 5.41 Å². The van der Waals surface area contributed by atoms with Crippen molar-refractivity contribution >= 4 is 11.9 Å². The highest BCUT2D eigenvalue weighted by Crippen LogP contribution is 2.31. The summed E-state index contributed by atoms with van der Waals surface area (Å²) in [4.78, 5) is 28.8. The molecule has 2 heterocycles. The molecule has 0 spiro atoms. The minimum absolute atomic E-state index is 0.0391. The second-order valence-corrected chi connectivity index (χ2v) is 5.98. The first kappa shape index (κ1) is 16.1. The Kier molecular flexibility index (Phi) is 3.82. The van der Waals surface area contributed by atoms with E-state index in [1.165, 1.54) is 11.0 Å². The zero-order chi connectivity index (χ0) is 17.5. The molecule has 1 aliphatic rings. The number of carboxylic acids is 1. The molecule has 1 atom stereocenters. The van der Waals surface area contributed by atoms with Crippen LogP contribution in [0.4, 0.5) is 8.78 Å². The van der Waals surface area contributed by atoms with Crippen LogP contribution in [-0.4, -0.2) is 40.0 Å². The molecule has 1 saturated heterocycles. The number of rotatable bonds is 3. The van der Waals surface area contributed by atoms with Gasteiger partial charge in [-0.3, -0.25) is 9.59 Å². The van der Waals surface area contributed by atoms with E-state index in [4.69, 9.17) is 4.42 Å². The first-order chi connectivity index (χ1) is 11.3. The number of carboxylic acid groups (broad SMARTS) is 1. The van der Waals surface area contributed by atoms with Crippen molar-refractivity contribution in [1.29, 1.82) is 0 Å². The van der Waals surface area contributed by atoms with Crippen molar-refractivity contribution in [1.82, 2.24) is 9.88 Å². The number of hydrogen-bond donors (Lipinski definition) is 1. The summed E-state index contributed by atoms with van der Waals surface area (Å²) >= 11 is 0. The minimum Gasteiger partial charge on any atom is -0.481 e. The molecule has 0 aliphatic carbocycles. The van der Waals surface area contributed by atoms with Crippen molar-refractivity contribution in [3.63, 3.8) is 0 Å². The average Bonchev–Trinajstić information content (AvgIpc) is 3.14. The number of halogens is 2. The second-order valence-electron chi connectivity index (χ2n) is 5.98. The van der Waals surface area contributed by atoms with Crippen LogP contribution in [0.15, 0.2) is 28.9 Å². The number of nitrogens with zero attached hydrogens (tertiary/aromatic N) is 2. The molecular weight excluding hydrogens is 322 g/mol. The van der Waals surface area contributed by atoms with Gasteiger partial charge in [-0.15, -0.1) is 0 Å². The summed E-state index contributed by atoms with van der Waals surface area (Å²) in [6, 6.07) is 3.33. The van der Waals surface area contributed by atoms with Gasteiger partial charge < -0.3 is 14.4 Å². The van der Waals surface area contributed by atoms with Gasteiger partial charge >= 0.3 is 5.97 Å². The van der Waals surface area contributed by atoms with Crippen molar-refractivity contribution in [2.45, 2.75) is 13.3 Å². The summed E-state index contributed by atoms with van der Waals surface area (Å²) < 4.78 is 32.5. The topological polar surface area (TPSA) is 83.6 Å². The van der Waals surface area contributed by atoms with Gasteiger partial charge in [-0.25, -0.2) is 13.8 Å². The maximum absolute atomic E-state index is 13.7. The number of hydrogen-bond acceptors (Lipinski definition) is 4. The van der Waals surface area contributed by atoms with E-state index < -0.39 is 34.5 Å². The Labute approximate surface area is 135 Å². The number of likely N-dealkylation sites (tertiary alicyclic amines) is 1. The lowest BCUT2D eigenvalue weighted by molar-refractivity contribution is -0.147. The Bertz CT molecular complexity index is 800. The van der Waals surface area contributed by atoms with Gasteiger partial charge in [-0.05, 0) is 25.5 Å². The summed E-state index contributed by atoms with van der Waals surface area (Å²) in [5, 5.41) is 9.20. The zero-order valence-electron chi connectivity index (χ0n) is 12.8. The Hall–Kier alpha value is -2.77. The molecule has 0 radical (unpaired) electrons. The Balaban J connectivity index is 1.84. The predicted octanol–water partition coefficient (Wildman–Crippen LogP) is 2.56. The highest BCUT2D eigenvalue weighted by molar-refractivity contribution is 5.93. The van der Waals surface area contributed by atoms with Gasteiger partial charge in [0.1, 0.15) is 23.5 Å². The van der Waals surface area contributed by atoms with Crippen LogP contribution >= 0.6 is 0 Å². The largest absolute Gasteiger partial charge is 0.481 e. The Morgan fingerprint density at radius 2 is 2.00 bits per heavy atom. The van der Waals surface area contributed by atoms with Crippen molar-refractivity contribution in [3.8, 4) is 11.5 Å².